The maximum atomic E-state index is 11.3. The molecule has 17 heavy (non-hydrogen) atoms. The third-order valence-corrected chi connectivity index (χ3v) is 3.86. The Labute approximate surface area is 102 Å². The summed E-state index contributed by atoms with van der Waals surface area (Å²) in [4.78, 5) is 26.5. The summed E-state index contributed by atoms with van der Waals surface area (Å²) in [7, 11) is 0. The van der Waals surface area contributed by atoms with Crippen molar-refractivity contribution >= 4 is 23.1 Å². The van der Waals surface area contributed by atoms with Gasteiger partial charge in [-0.1, -0.05) is 0 Å². The van der Waals surface area contributed by atoms with E-state index in [1.54, 1.807) is 0 Å². The van der Waals surface area contributed by atoms with E-state index in [-0.39, 0.29) is 16.4 Å². The first kappa shape index (κ1) is 12.2. The number of hydrogen-bond donors (Lipinski definition) is 1. The molecule has 6 heteroatoms. The summed E-state index contributed by atoms with van der Waals surface area (Å²) in [6.45, 7) is 2.81. The number of Topliss-reactive ketones (excluding diaryl/α,β-unsaturated/α-hetero) is 1. The molecule has 1 aliphatic heterocycles. The van der Waals surface area contributed by atoms with Crippen molar-refractivity contribution in [3.05, 3.63) is 15.6 Å². The molecule has 2 rings (SSSR count). The predicted octanol–water partition coefficient (Wildman–Crippen LogP) is 1.62. The van der Waals surface area contributed by atoms with Crippen LogP contribution in [0.2, 0.25) is 0 Å². The fraction of sp³-hybridized carbons (Fsp3) is 0.545. The third kappa shape index (κ3) is 2.70. The summed E-state index contributed by atoms with van der Waals surface area (Å²) >= 11 is 1.19. The third-order valence-electron chi connectivity index (χ3n) is 2.68. The van der Waals surface area contributed by atoms with Crippen molar-refractivity contribution in [3.63, 3.8) is 0 Å². The first-order chi connectivity index (χ1) is 8.08. The lowest BCUT2D eigenvalue weighted by molar-refractivity contribution is 0.0686. The zero-order chi connectivity index (χ0) is 12.4. The molecule has 2 heterocycles. The number of carbonyl (C=O) groups is 2. The van der Waals surface area contributed by atoms with E-state index in [4.69, 9.17) is 9.84 Å². The minimum absolute atomic E-state index is 0.114. The molecule has 0 saturated carbocycles. The van der Waals surface area contributed by atoms with Crippen LogP contribution in [0.1, 0.15) is 38.5 Å². The molecule has 0 radical (unpaired) electrons. The molecule has 1 aliphatic rings. The smallest absolute Gasteiger partial charge is 0.356 e. The molecule has 1 aromatic rings. The van der Waals surface area contributed by atoms with Crippen molar-refractivity contribution in [2.45, 2.75) is 19.8 Å². The van der Waals surface area contributed by atoms with Gasteiger partial charge in [-0.2, -0.15) is 0 Å². The van der Waals surface area contributed by atoms with Crippen molar-refractivity contribution in [1.29, 1.82) is 0 Å². The number of hydrogen-bond acceptors (Lipinski definition) is 5. The summed E-state index contributed by atoms with van der Waals surface area (Å²) in [6.07, 6.45) is 1.66. The second-order valence-electron chi connectivity index (χ2n) is 4.08. The molecule has 1 unspecified atom stereocenters. The van der Waals surface area contributed by atoms with Gasteiger partial charge in [0, 0.05) is 26.6 Å². The number of nitrogens with zero attached hydrogens (tertiary/aromatic N) is 1. The SMILES string of the molecule is CC(=O)c1sc(CC2CCOC2)nc1C(=O)O. The molecule has 1 saturated heterocycles. The molecule has 92 valence electrons. The molecular formula is C11H13NO4S. The number of thiazole rings is 1. The molecule has 1 fully saturated rings. The summed E-state index contributed by atoms with van der Waals surface area (Å²) < 4.78 is 5.25. The molecule has 0 spiro atoms. The Bertz CT molecular complexity index is 417. The minimum Gasteiger partial charge on any atom is -0.476 e. The first-order valence-electron chi connectivity index (χ1n) is 5.39. The summed E-state index contributed by atoms with van der Waals surface area (Å²) in [6, 6.07) is 0. The van der Waals surface area contributed by atoms with Crippen LogP contribution in [0.4, 0.5) is 0 Å². The van der Waals surface area contributed by atoms with Crippen LogP contribution in [0.3, 0.4) is 0 Å². The zero-order valence-corrected chi connectivity index (χ0v) is 10.2. The largest absolute Gasteiger partial charge is 0.476 e. The van der Waals surface area contributed by atoms with Gasteiger partial charge in [0.25, 0.3) is 0 Å². The van der Waals surface area contributed by atoms with Crippen LogP contribution in [0.5, 0.6) is 0 Å². The van der Waals surface area contributed by atoms with Gasteiger partial charge >= 0.3 is 5.97 Å². The van der Waals surface area contributed by atoms with E-state index in [0.29, 0.717) is 24.0 Å². The van der Waals surface area contributed by atoms with Gasteiger partial charge in [-0.05, 0) is 12.3 Å². The summed E-state index contributed by atoms with van der Waals surface area (Å²) in [5, 5.41) is 9.67. The van der Waals surface area contributed by atoms with Crippen LogP contribution in [-0.4, -0.2) is 35.1 Å². The zero-order valence-electron chi connectivity index (χ0n) is 9.43. The van der Waals surface area contributed by atoms with Crippen LogP contribution in [0, 0.1) is 5.92 Å². The topological polar surface area (TPSA) is 76.5 Å². The van der Waals surface area contributed by atoms with Crippen LogP contribution in [0.25, 0.3) is 0 Å². The lowest BCUT2D eigenvalue weighted by Crippen LogP contribution is -2.05. The molecule has 0 amide bonds. The van der Waals surface area contributed by atoms with Crippen LogP contribution in [-0.2, 0) is 11.2 Å². The Morgan fingerprint density at radius 1 is 1.59 bits per heavy atom. The van der Waals surface area contributed by atoms with Crippen molar-refractivity contribution < 1.29 is 19.4 Å². The van der Waals surface area contributed by atoms with E-state index in [1.165, 1.54) is 18.3 Å². The molecule has 1 aromatic heterocycles. The highest BCUT2D eigenvalue weighted by atomic mass is 32.1. The second-order valence-corrected chi connectivity index (χ2v) is 5.16. The average molecular weight is 255 g/mol. The summed E-state index contributed by atoms with van der Waals surface area (Å²) in [5.41, 5.74) is -0.114. The second kappa shape index (κ2) is 4.93. The maximum absolute atomic E-state index is 11.3. The van der Waals surface area contributed by atoms with Gasteiger partial charge in [0.2, 0.25) is 0 Å². The molecule has 0 aliphatic carbocycles. The van der Waals surface area contributed by atoms with E-state index in [0.717, 1.165) is 13.0 Å². The fourth-order valence-electron chi connectivity index (χ4n) is 1.83. The van der Waals surface area contributed by atoms with Crippen molar-refractivity contribution in [2.24, 2.45) is 5.92 Å². The van der Waals surface area contributed by atoms with E-state index < -0.39 is 5.97 Å². The van der Waals surface area contributed by atoms with Gasteiger partial charge in [-0.15, -0.1) is 11.3 Å². The highest BCUT2D eigenvalue weighted by Gasteiger charge is 2.23. The maximum Gasteiger partial charge on any atom is 0.356 e. The van der Waals surface area contributed by atoms with Gasteiger partial charge in [-0.25, -0.2) is 9.78 Å². The number of carboxylic acids is 1. The van der Waals surface area contributed by atoms with Crippen LogP contribution >= 0.6 is 11.3 Å². The van der Waals surface area contributed by atoms with Gasteiger partial charge in [-0.3, -0.25) is 4.79 Å². The summed E-state index contributed by atoms with van der Waals surface area (Å²) in [5.74, 6) is -0.989. The Morgan fingerprint density at radius 3 is 2.82 bits per heavy atom. The molecule has 5 nitrogen and oxygen atoms in total. The Kier molecular flexibility index (Phi) is 3.54. The highest BCUT2D eigenvalue weighted by molar-refractivity contribution is 7.14. The quantitative estimate of drug-likeness (QED) is 0.827. The number of ether oxygens (including phenoxy) is 1. The molecule has 0 aromatic carbocycles. The van der Waals surface area contributed by atoms with E-state index >= 15 is 0 Å². The van der Waals surface area contributed by atoms with Crippen LogP contribution in [0.15, 0.2) is 0 Å². The van der Waals surface area contributed by atoms with Gasteiger partial charge in [0.1, 0.15) is 4.88 Å². The first-order valence-corrected chi connectivity index (χ1v) is 6.21. The number of rotatable bonds is 4. The monoisotopic (exact) mass is 255 g/mol. The molecular weight excluding hydrogens is 242 g/mol. The van der Waals surface area contributed by atoms with Crippen molar-refractivity contribution in [1.82, 2.24) is 4.98 Å². The number of carboxylic acid groups (broad SMARTS) is 1. The lowest BCUT2D eigenvalue weighted by Gasteiger charge is -2.02. The predicted molar refractivity (Wildman–Crippen MR) is 61.7 cm³/mol. The number of ketones is 1. The fourth-order valence-corrected chi connectivity index (χ4v) is 2.89. The standard InChI is InChI=1S/C11H13NO4S/c1-6(13)10-9(11(14)15)12-8(17-10)4-7-2-3-16-5-7/h7H,2-5H2,1H3,(H,14,15). The van der Waals surface area contributed by atoms with E-state index in [9.17, 15) is 9.59 Å². The lowest BCUT2D eigenvalue weighted by atomic mass is 10.1. The van der Waals surface area contributed by atoms with Crippen molar-refractivity contribution in [3.8, 4) is 0 Å². The number of aromatic carboxylic acids is 1. The normalized spacial score (nSPS) is 19.5. The highest BCUT2D eigenvalue weighted by Crippen LogP contribution is 2.24. The number of aromatic nitrogens is 1. The Morgan fingerprint density at radius 2 is 2.35 bits per heavy atom. The number of carbonyl (C=O) groups excluding carboxylic acids is 1. The average Bonchev–Trinajstić information content (AvgIpc) is 2.86. The molecule has 0 bridgehead atoms. The molecule has 1 N–H and O–H groups in total. The van der Waals surface area contributed by atoms with Crippen LogP contribution < -0.4 is 0 Å². The van der Waals surface area contributed by atoms with E-state index in [2.05, 4.69) is 4.98 Å². The van der Waals surface area contributed by atoms with Crippen molar-refractivity contribution in [2.75, 3.05) is 13.2 Å². The Balaban J connectivity index is 2.20. The van der Waals surface area contributed by atoms with Gasteiger partial charge in [0.15, 0.2) is 11.5 Å². The van der Waals surface area contributed by atoms with Gasteiger partial charge < -0.3 is 9.84 Å². The minimum atomic E-state index is -1.14. The molecule has 1 atom stereocenters. The Hall–Kier alpha value is -1.27. The van der Waals surface area contributed by atoms with Gasteiger partial charge in [0.05, 0.1) is 5.01 Å². The van der Waals surface area contributed by atoms with E-state index in [1.807, 2.05) is 0 Å².